The van der Waals surface area contributed by atoms with Crippen molar-refractivity contribution >= 4 is 11.6 Å². The number of ether oxygens (including phenoxy) is 1. The first-order valence-electron chi connectivity index (χ1n) is 9.86. The van der Waals surface area contributed by atoms with Crippen LogP contribution < -0.4 is 15.5 Å². The van der Waals surface area contributed by atoms with Gasteiger partial charge in [-0.3, -0.25) is 0 Å². The Balaban J connectivity index is 1.56. The number of nitrogens with zero attached hydrogens (tertiary/aromatic N) is 5. The second-order valence-electron chi connectivity index (χ2n) is 7.05. The molecule has 1 aromatic carbocycles. The Bertz CT molecular complexity index is 751. The maximum absolute atomic E-state index is 5.15. The molecule has 1 aliphatic heterocycles. The lowest BCUT2D eigenvalue weighted by Gasteiger charge is -2.34. The van der Waals surface area contributed by atoms with E-state index >= 15 is 0 Å². The summed E-state index contributed by atoms with van der Waals surface area (Å²) in [5, 5.41) is 15.2. The lowest BCUT2D eigenvalue weighted by Crippen LogP contribution is -2.49. The highest BCUT2D eigenvalue weighted by Gasteiger charge is 2.20. The number of guanidine groups is 1. The van der Waals surface area contributed by atoms with Gasteiger partial charge in [-0.2, -0.15) is 0 Å². The van der Waals surface area contributed by atoms with Gasteiger partial charge in [0.25, 0.3) is 0 Å². The summed E-state index contributed by atoms with van der Waals surface area (Å²) in [6, 6.07) is 11.0. The van der Waals surface area contributed by atoms with Crippen LogP contribution in [0.4, 0.5) is 5.69 Å². The van der Waals surface area contributed by atoms with Crippen LogP contribution in [0.2, 0.25) is 0 Å². The Morgan fingerprint density at radius 1 is 1.21 bits per heavy atom. The number of piperidine rings is 1. The van der Waals surface area contributed by atoms with Crippen molar-refractivity contribution in [2.75, 3.05) is 38.3 Å². The van der Waals surface area contributed by atoms with E-state index < -0.39 is 0 Å². The molecule has 3 rings (SSSR count). The van der Waals surface area contributed by atoms with Crippen molar-refractivity contribution in [2.45, 2.75) is 32.4 Å². The Morgan fingerprint density at radius 3 is 2.61 bits per heavy atom. The molecular formula is C20H31N7O. The van der Waals surface area contributed by atoms with E-state index in [2.05, 4.69) is 56.1 Å². The van der Waals surface area contributed by atoms with Crippen molar-refractivity contribution in [3.63, 3.8) is 0 Å². The van der Waals surface area contributed by atoms with E-state index in [1.165, 1.54) is 5.69 Å². The molecule has 0 atom stereocenters. The van der Waals surface area contributed by atoms with Crippen LogP contribution >= 0.6 is 0 Å². The quantitative estimate of drug-likeness (QED) is 0.427. The van der Waals surface area contributed by atoms with Crippen LogP contribution in [0.25, 0.3) is 0 Å². The lowest BCUT2D eigenvalue weighted by atomic mass is 10.0. The van der Waals surface area contributed by atoms with E-state index in [4.69, 9.17) is 9.73 Å². The molecule has 1 aliphatic rings. The summed E-state index contributed by atoms with van der Waals surface area (Å²) in [4.78, 5) is 7.15. The second kappa shape index (κ2) is 10.1. The number of nitrogens with one attached hydrogen (secondary N) is 2. The van der Waals surface area contributed by atoms with Crippen molar-refractivity contribution < 1.29 is 4.74 Å². The first-order chi connectivity index (χ1) is 13.7. The Kier molecular flexibility index (Phi) is 7.25. The predicted octanol–water partition coefficient (Wildman–Crippen LogP) is 1.47. The highest BCUT2D eigenvalue weighted by Crippen LogP contribution is 2.19. The molecule has 0 saturated carbocycles. The van der Waals surface area contributed by atoms with E-state index in [9.17, 15) is 0 Å². The molecule has 1 fully saturated rings. The van der Waals surface area contributed by atoms with Crippen molar-refractivity contribution in [1.29, 1.82) is 0 Å². The van der Waals surface area contributed by atoms with Crippen molar-refractivity contribution in [1.82, 2.24) is 25.4 Å². The molecule has 152 valence electrons. The first kappa shape index (κ1) is 20.1. The average Bonchev–Trinajstić information content (AvgIpc) is 3.05. The molecule has 0 bridgehead atoms. The summed E-state index contributed by atoms with van der Waals surface area (Å²) >= 11 is 0. The Hall–Kier alpha value is -2.61. The molecule has 0 unspecified atom stereocenters. The van der Waals surface area contributed by atoms with Gasteiger partial charge in [0.1, 0.15) is 12.4 Å². The number of benzene rings is 1. The Labute approximate surface area is 167 Å². The molecule has 0 amide bonds. The van der Waals surface area contributed by atoms with Gasteiger partial charge in [0.15, 0.2) is 11.8 Å². The van der Waals surface area contributed by atoms with Gasteiger partial charge in [-0.15, -0.1) is 10.2 Å². The number of hydrogen-bond acceptors (Lipinski definition) is 5. The number of rotatable bonds is 7. The van der Waals surface area contributed by atoms with Gasteiger partial charge in [0.05, 0.1) is 6.61 Å². The summed E-state index contributed by atoms with van der Waals surface area (Å²) in [6.45, 7) is 5.85. The van der Waals surface area contributed by atoms with Crippen LogP contribution in [0.1, 0.15) is 24.5 Å². The topological polar surface area (TPSA) is 79.6 Å². The minimum atomic E-state index is 0.398. The normalized spacial score (nSPS) is 15.7. The molecule has 0 spiro atoms. The summed E-state index contributed by atoms with van der Waals surface area (Å²) in [5.41, 5.74) is 1.30. The van der Waals surface area contributed by atoms with E-state index in [1.807, 2.05) is 18.5 Å². The zero-order valence-electron chi connectivity index (χ0n) is 17.1. The average molecular weight is 386 g/mol. The van der Waals surface area contributed by atoms with Gasteiger partial charge in [-0.1, -0.05) is 18.2 Å². The van der Waals surface area contributed by atoms with Gasteiger partial charge in [-0.25, -0.2) is 4.99 Å². The minimum Gasteiger partial charge on any atom is -0.383 e. The van der Waals surface area contributed by atoms with Crippen LogP contribution in [-0.2, 0) is 18.3 Å². The zero-order valence-corrected chi connectivity index (χ0v) is 17.1. The van der Waals surface area contributed by atoms with E-state index in [-0.39, 0.29) is 0 Å². The van der Waals surface area contributed by atoms with Crippen molar-refractivity contribution in [3.05, 3.63) is 42.0 Å². The highest BCUT2D eigenvalue weighted by atomic mass is 16.5. The summed E-state index contributed by atoms with van der Waals surface area (Å²) in [6.07, 6.45) is 2.14. The van der Waals surface area contributed by atoms with Crippen molar-refractivity contribution in [2.24, 2.45) is 12.0 Å². The third-order valence-electron chi connectivity index (χ3n) is 5.12. The van der Waals surface area contributed by atoms with E-state index in [0.29, 0.717) is 25.7 Å². The van der Waals surface area contributed by atoms with Gasteiger partial charge < -0.3 is 24.8 Å². The molecule has 8 heteroatoms. The molecule has 1 aromatic heterocycles. The number of hydrogen-bond donors (Lipinski definition) is 2. The van der Waals surface area contributed by atoms with Crippen LogP contribution in [-0.4, -0.2) is 60.1 Å². The molecule has 8 nitrogen and oxygen atoms in total. The summed E-state index contributed by atoms with van der Waals surface area (Å²) in [5.74, 6) is 2.54. The Morgan fingerprint density at radius 2 is 1.96 bits per heavy atom. The highest BCUT2D eigenvalue weighted by molar-refractivity contribution is 5.80. The van der Waals surface area contributed by atoms with Gasteiger partial charge >= 0.3 is 0 Å². The van der Waals surface area contributed by atoms with Crippen molar-refractivity contribution in [3.8, 4) is 0 Å². The van der Waals surface area contributed by atoms with Crippen LogP contribution in [0.5, 0.6) is 0 Å². The second-order valence-corrected chi connectivity index (χ2v) is 7.05. The minimum absolute atomic E-state index is 0.398. The molecule has 1 saturated heterocycles. The van der Waals surface area contributed by atoms with Gasteiger partial charge in [-0.05, 0) is 31.9 Å². The molecule has 2 aromatic rings. The number of para-hydroxylation sites is 1. The fourth-order valence-corrected chi connectivity index (χ4v) is 3.28. The standard InChI is InChI=1S/C20H31N7O/c1-16-24-25-19(26(16)2)15-22-20(21-11-14-28-3)23-17-9-12-27(13-10-17)18-7-5-4-6-8-18/h4-8,17H,9-15H2,1-3H3,(H2,21,22,23). The molecule has 28 heavy (non-hydrogen) atoms. The summed E-state index contributed by atoms with van der Waals surface area (Å²) in [7, 11) is 3.67. The molecular weight excluding hydrogens is 354 g/mol. The largest absolute Gasteiger partial charge is 0.383 e. The number of aryl methyl sites for hydroxylation is 1. The number of aromatic nitrogens is 3. The first-order valence-corrected chi connectivity index (χ1v) is 9.86. The van der Waals surface area contributed by atoms with Crippen LogP contribution in [0.15, 0.2) is 35.3 Å². The fourth-order valence-electron chi connectivity index (χ4n) is 3.28. The van der Waals surface area contributed by atoms with Crippen LogP contribution in [0.3, 0.4) is 0 Å². The third kappa shape index (κ3) is 5.45. The van der Waals surface area contributed by atoms with Gasteiger partial charge in [0, 0.05) is 45.5 Å². The monoisotopic (exact) mass is 385 g/mol. The SMILES string of the molecule is COCCNC(=NCc1nnc(C)n1C)NC1CCN(c2ccccc2)CC1. The predicted molar refractivity (Wildman–Crippen MR) is 112 cm³/mol. The fraction of sp³-hybridized carbons (Fsp3) is 0.550. The van der Waals surface area contributed by atoms with Crippen LogP contribution in [0, 0.1) is 6.92 Å². The number of methoxy groups -OCH3 is 1. The van der Waals surface area contributed by atoms with E-state index in [1.54, 1.807) is 7.11 Å². The molecule has 0 radical (unpaired) electrons. The van der Waals surface area contributed by atoms with Gasteiger partial charge in [0.2, 0.25) is 0 Å². The third-order valence-corrected chi connectivity index (χ3v) is 5.12. The molecule has 2 heterocycles. The zero-order chi connectivity index (χ0) is 19.8. The smallest absolute Gasteiger partial charge is 0.192 e. The maximum Gasteiger partial charge on any atom is 0.192 e. The molecule has 0 aliphatic carbocycles. The maximum atomic E-state index is 5.15. The number of aliphatic imine (C=N–C) groups is 1. The van der Waals surface area contributed by atoms with E-state index in [0.717, 1.165) is 43.5 Å². The summed E-state index contributed by atoms with van der Waals surface area (Å²) < 4.78 is 7.12. The molecule has 2 N–H and O–H groups in total. The lowest BCUT2D eigenvalue weighted by molar-refractivity contribution is 0.203. The number of anilines is 1.